The van der Waals surface area contributed by atoms with Crippen LogP contribution in [0.15, 0.2) is 0 Å². The summed E-state index contributed by atoms with van der Waals surface area (Å²) in [6.45, 7) is 10.9. The number of fused-ring (bicyclic) bond motifs is 1. The monoisotopic (exact) mass is 279 g/mol. The minimum Gasteiger partial charge on any atom is -0.329 e. The third-order valence-corrected chi connectivity index (χ3v) is 6.12. The minimum absolute atomic E-state index is 0.301. The number of nitrogens with zero attached hydrogens (tertiary/aromatic N) is 2. The van der Waals surface area contributed by atoms with Gasteiger partial charge in [-0.25, -0.2) is 0 Å². The molecule has 3 nitrogen and oxygen atoms in total. The van der Waals surface area contributed by atoms with Crippen molar-refractivity contribution in [1.82, 2.24) is 9.80 Å². The molecule has 2 aliphatic heterocycles. The summed E-state index contributed by atoms with van der Waals surface area (Å²) in [7, 11) is 0. The highest BCUT2D eigenvalue weighted by molar-refractivity contribution is 5.00. The molecule has 3 atom stereocenters. The van der Waals surface area contributed by atoms with E-state index in [0.717, 1.165) is 24.4 Å². The van der Waals surface area contributed by atoms with Crippen LogP contribution in [0, 0.1) is 11.8 Å². The lowest BCUT2D eigenvalue weighted by Crippen LogP contribution is -2.59. The molecule has 0 aromatic heterocycles. The predicted octanol–water partition coefficient (Wildman–Crippen LogP) is 2.31. The van der Waals surface area contributed by atoms with E-state index in [-0.39, 0.29) is 0 Å². The second-order valence-electron chi connectivity index (χ2n) is 7.91. The molecule has 0 aromatic carbocycles. The van der Waals surface area contributed by atoms with Crippen molar-refractivity contribution in [3.63, 3.8) is 0 Å². The topological polar surface area (TPSA) is 32.5 Å². The molecule has 20 heavy (non-hydrogen) atoms. The molecular weight excluding hydrogens is 246 g/mol. The van der Waals surface area contributed by atoms with Gasteiger partial charge in [-0.15, -0.1) is 0 Å². The molecule has 0 spiro atoms. The molecule has 2 heterocycles. The molecule has 3 unspecified atom stereocenters. The van der Waals surface area contributed by atoms with Crippen LogP contribution in [0.3, 0.4) is 0 Å². The third kappa shape index (κ3) is 2.77. The molecule has 0 amide bonds. The molecule has 1 saturated carbocycles. The number of nitrogens with two attached hydrogens (primary N) is 1. The van der Waals surface area contributed by atoms with Gasteiger partial charge in [0.15, 0.2) is 0 Å². The Labute approximate surface area is 124 Å². The second kappa shape index (κ2) is 5.94. The summed E-state index contributed by atoms with van der Waals surface area (Å²) in [6.07, 6.45) is 8.18. The van der Waals surface area contributed by atoms with E-state index in [0.29, 0.717) is 5.54 Å². The van der Waals surface area contributed by atoms with E-state index in [9.17, 15) is 0 Å². The molecular formula is C17H33N3. The molecule has 116 valence electrons. The summed E-state index contributed by atoms with van der Waals surface area (Å²) in [5.74, 6) is 1.68. The van der Waals surface area contributed by atoms with Crippen molar-refractivity contribution < 1.29 is 0 Å². The van der Waals surface area contributed by atoms with Crippen molar-refractivity contribution in [1.29, 1.82) is 0 Å². The highest BCUT2D eigenvalue weighted by Gasteiger charge is 2.43. The van der Waals surface area contributed by atoms with Crippen molar-refractivity contribution in [2.75, 3.05) is 32.7 Å². The zero-order valence-electron chi connectivity index (χ0n) is 13.5. The van der Waals surface area contributed by atoms with Crippen LogP contribution in [0.25, 0.3) is 0 Å². The molecule has 1 aliphatic carbocycles. The predicted molar refractivity (Wildman–Crippen MR) is 84.7 cm³/mol. The lowest BCUT2D eigenvalue weighted by Gasteiger charge is -2.50. The maximum atomic E-state index is 6.33. The van der Waals surface area contributed by atoms with E-state index in [4.69, 9.17) is 5.73 Å². The summed E-state index contributed by atoms with van der Waals surface area (Å²) in [5.41, 5.74) is 6.63. The molecule has 3 fully saturated rings. The van der Waals surface area contributed by atoms with Crippen molar-refractivity contribution in [3.8, 4) is 0 Å². The van der Waals surface area contributed by atoms with E-state index >= 15 is 0 Å². The van der Waals surface area contributed by atoms with Gasteiger partial charge in [0, 0.05) is 31.2 Å². The normalized spacial score (nSPS) is 44.2. The Hall–Kier alpha value is -0.120. The Balaban J connectivity index is 1.77. The lowest BCUT2D eigenvalue weighted by molar-refractivity contribution is 0.0153. The molecule has 0 bridgehead atoms. The average Bonchev–Trinajstić information content (AvgIpc) is 2.74. The van der Waals surface area contributed by atoms with Crippen LogP contribution in [0.1, 0.15) is 52.4 Å². The molecule has 2 saturated heterocycles. The molecule has 3 heteroatoms. The third-order valence-electron chi connectivity index (χ3n) is 6.12. The Kier molecular flexibility index (Phi) is 4.40. The fourth-order valence-corrected chi connectivity index (χ4v) is 5.43. The summed E-state index contributed by atoms with van der Waals surface area (Å²) in [5, 5.41) is 0. The van der Waals surface area contributed by atoms with Crippen LogP contribution in [0.4, 0.5) is 0 Å². The highest BCUT2D eigenvalue weighted by Crippen LogP contribution is 2.40. The molecule has 2 N–H and O–H groups in total. The average molecular weight is 279 g/mol. The first kappa shape index (κ1) is 14.8. The van der Waals surface area contributed by atoms with Gasteiger partial charge in [-0.05, 0) is 63.5 Å². The highest BCUT2D eigenvalue weighted by atomic mass is 15.3. The second-order valence-corrected chi connectivity index (χ2v) is 7.91. The summed E-state index contributed by atoms with van der Waals surface area (Å²) in [6, 6.07) is 0.813. The zero-order valence-corrected chi connectivity index (χ0v) is 13.5. The standard InChI is InChI=1S/C17H33N3/c1-14-9-15(2)11-17(10-14,13-18)20-8-4-7-19-6-3-5-16(19)12-20/h14-16H,3-13,18H2,1-2H3. The van der Waals surface area contributed by atoms with Crippen molar-refractivity contribution in [3.05, 3.63) is 0 Å². The fraction of sp³-hybridized carbons (Fsp3) is 1.00. The van der Waals surface area contributed by atoms with Gasteiger partial charge in [0.1, 0.15) is 0 Å². The van der Waals surface area contributed by atoms with Crippen molar-refractivity contribution in [2.45, 2.75) is 64.0 Å². The number of hydrogen-bond donors (Lipinski definition) is 1. The van der Waals surface area contributed by atoms with Gasteiger partial charge in [-0.1, -0.05) is 13.8 Å². The summed E-state index contributed by atoms with van der Waals surface area (Å²) in [4.78, 5) is 5.55. The van der Waals surface area contributed by atoms with Crippen LogP contribution in [0.2, 0.25) is 0 Å². The van der Waals surface area contributed by atoms with Crippen LogP contribution >= 0.6 is 0 Å². The van der Waals surface area contributed by atoms with Crippen molar-refractivity contribution >= 4 is 0 Å². The van der Waals surface area contributed by atoms with E-state index in [1.54, 1.807) is 0 Å². The number of rotatable bonds is 2. The van der Waals surface area contributed by atoms with Gasteiger partial charge in [-0.2, -0.15) is 0 Å². The van der Waals surface area contributed by atoms with Crippen LogP contribution < -0.4 is 5.73 Å². The first-order valence-electron chi connectivity index (χ1n) is 8.82. The summed E-state index contributed by atoms with van der Waals surface area (Å²) >= 11 is 0. The Morgan fingerprint density at radius 2 is 1.75 bits per heavy atom. The zero-order chi connectivity index (χ0) is 14.2. The van der Waals surface area contributed by atoms with Crippen LogP contribution in [-0.2, 0) is 0 Å². The Morgan fingerprint density at radius 1 is 1.05 bits per heavy atom. The first-order valence-corrected chi connectivity index (χ1v) is 8.82. The molecule has 0 aromatic rings. The largest absolute Gasteiger partial charge is 0.329 e. The minimum atomic E-state index is 0.301. The van der Waals surface area contributed by atoms with E-state index in [2.05, 4.69) is 23.6 Å². The Bertz CT molecular complexity index is 320. The lowest BCUT2D eigenvalue weighted by atomic mass is 9.70. The molecule has 3 rings (SSSR count). The van der Waals surface area contributed by atoms with Gasteiger partial charge in [0.25, 0.3) is 0 Å². The van der Waals surface area contributed by atoms with Gasteiger partial charge in [-0.3, -0.25) is 9.80 Å². The molecule has 0 radical (unpaired) electrons. The quantitative estimate of drug-likeness (QED) is 0.842. The van der Waals surface area contributed by atoms with Gasteiger partial charge in [0.05, 0.1) is 0 Å². The van der Waals surface area contributed by atoms with Gasteiger partial charge >= 0.3 is 0 Å². The number of hydrogen-bond acceptors (Lipinski definition) is 3. The van der Waals surface area contributed by atoms with Crippen LogP contribution in [0.5, 0.6) is 0 Å². The summed E-state index contributed by atoms with van der Waals surface area (Å²) < 4.78 is 0. The smallest absolute Gasteiger partial charge is 0.0337 e. The van der Waals surface area contributed by atoms with Gasteiger partial charge in [0.2, 0.25) is 0 Å². The maximum absolute atomic E-state index is 6.33. The molecule has 3 aliphatic rings. The fourth-order valence-electron chi connectivity index (χ4n) is 5.43. The SMILES string of the molecule is CC1CC(C)CC(CN)(N2CCCN3CCCC3C2)C1. The van der Waals surface area contributed by atoms with E-state index < -0.39 is 0 Å². The first-order chi connectivity index (χ1) is 9.63. The van der Waals surface area contributed by atoms with Crippen LogP contribution in [-0.4, -0.2) is 54.1 Å². The van der Waals surface area contributed by atoms with E-state index in [1.807, 2.05) is 0 Å². The van der Waals surface area contributed by atoms with Gasteiger partial charge < -0.3 is 5.73 Å². The van der Waals surface area contributed by atoms with E-state index in [1.165, 1.54) is 64.7 Å². The van der Waals surface area contributed by atoms with Crippen molar-refractivity contribution in [2.24, 2.45) is 17.6 Å². The Morgan fingerprint density at radius 3 is 2.45 bits per heavy atom. The maximum Gasteiger partial charge on any atom is 0.0337 e.